The van der Waals surface area contributed by atoms with E-state index in [1.807, 2.05) is 24.3 Å². The maximum atomic E-state index is 6.08. The first-order valence-electron chi connectivity index (χ1n) is 8.83. The molecule has 0 radical (unpaired) electrons. The Morgan fingerprint density at radius 1 is 1.20 bits per heavy atom. The number of nitrogens with one attached hydrogen (secondary N) is 1. The van der Waals surface area contributed by atoms with Gasteiger partial charge in [0.15, 0.2) is 0 Å². The molecule has 6 nitrogen and oxygen atoms in total. The lowest BCUT2D eigenvalue weighted by Gasteiger charge is -2.37. The van der Waals surface area contributed by atoms with Crippen molar-refractivity contribution in [2.45, 2.75) is 37.5 Å². The highest BCUT2D eigenvalue weighted by molar-refractivity contribution is 5.54. The van der Waals surface area contributed by atoms with Crippen molar-refractivity contribution in [3.8, 4) is 17.2 Å². The van der Waals surface area contributed by atoms with E-state index in [1.165, 1.54) is 0 Å². The van der Waals surface area contributed by atoms with Gasteiger partial charge in [0.2, 0.25) is 5.89 Å². The normalized spacial score (nSPS) is 22.4. The van der Waals surface area contributed by atoms with Crippen LogP contribution in [-0.4, -0.2) is 43.6 Å². The molecule has 4 rings (SSSR count). The predicted octanol–water partition coefficient (Wildman–Crippen LogP) is 2.78. The smallest absolute Gasteiger partial charge is 0.226 e. The Balaban J connectivity index is 1.39. The van der Waals surface area contributed by atoms with Gasteiger partial charge in [0, 0.05) is 50.8 Å². The number of hydrogen-bond acceptors (Lipinski definition) is 6. The van der Waals surface area contributed by atoms with Crippen LogP contribution in [0.25, 0.3) is 11.5 Å². The van der Waals surface area contributed by atoms with Gasteiger partial charge in [-0.05, 0) is 30.7 Å². The van der Waals surface area contributed by atoms with Gasteiger partial charge in [-0.3, -0.25) is 0 Å². The number of benzene rings is 1. The van der Waals surface area contributed by atoms with E-state index in [-0.39, 0.29) is 5.60 Å². The van der Waals surface area contributed by atoms with Crippen LogP contribution >= 0.6 is 0 Å². The minimum atomic E-state index is -0.0687. The first-order chi connectivity index (χ1) is 12.3. The standard InChI is InChI=1S/C19H24N2O4/c1-22-16-4-2-14(3-5-16)18-21-15(13-24-18)12-20-17-6-9-25-19(17)7-10-23-11-8-19/h2-5,13,17,20H,6-12H2,1H3. The quantitative estimate of drug-likeness (QED) is 0.900. The average molecular weight is 344 g/mol. The highest BCUT2D eigenvalue weighted by Crippen LogP contribution is 2.35. The van der Waals surface area contributed by atoms with Gasteiger partial charge in [-0.15, -0.1) is 0 Å². The molecule has 0 aliphatic carbocycles. The molecule has 1 atom stereocenters. The molecular formula is C19H24N2O4. The zero-order chi connectivity index (χ0) is 17.1. The number of methoxy groups -OCH3 is 1. The van der Waals surface area contributed by atoms with E-state index in [1.54, 1.807) is 13.4 Å². The summed E-state index contributed by atoms with van der Waals surface area (Å²) < 4.78 is 22.4. The molecule has 2 aromatic rings. The molecule has 1 unspecified atom stereocenters. The lowest BCUT2D eigenvalue weighted by Crippen LogP contribution is -2.50. The van der Waals surface area contributed by atoms with Crippen molar-refractivity contribution in [2.75, 3.05) is 26.9 Å². The largest absolute Gasteiger partial charge is 0.497 e. The first-order valence-corrected chi connectivity index (χ1v) is 8.83. The highest BCUT2D eigenvalue weighted by atomic mass is 16.5. The summed E-state index contributed by atoms with van der Waals surface area (Å²) in [5.41, 5.74) is 1.78. The summed E-state index contributed by atoms with van der Waals surface area (Å²) in [5, 5.41) is 3.62. The summed E-state index contributed by atoms with van der Waals surface area (Å²) in [5.74, 6) is 1.45. The third kappa shape index (κ3) is 3.42. The van der Waals surface area contributed by atoms with Crippen molar-refractivity contribution < 1.29 is 18.6 Å². The Morgan fingerprint density at radius 3 is 2.76 bits per heavy atom. The van der Waals surface area contributed by atoms with E-state index < -0.39 is 0 Å². The number of hydrogen-bond donors (Lipinski definition) is 1. The predicted molar refractivity (Wildman–Crippen MR) is 92.5 cm³/mol. The highest BCUT2D eigenvalue weighted by Gasteiger charge is 2.45. The summed E-state index contributed by atoms with van der Waals surface area (Å²) in [6.07, 6.45) is 4.67. The zero-order valence-electron chi connectivity index (χ0n) is 14.5. The molecule has 2 aliphatic rings. The molecule has 2 saturated heterocycles. The number of oxazole rings is 1. The van der Waals surface area contributed by atoms with Gasteiger partial charge in [0.05, 0.1) is 18.4 Å². The van der Waals surface area contributed by atoms with Crippen LogP contribution in [0.5, 0.6) is 5.75 Å². The van der Waals surface area contributed by atoms with Crippen LogP contribution in [0.4, 0.5) is 0 Å². The first kappa shape index (κ1) is 16.6. The van der Waals surface area contributed by atoms with Gasteiger partial charge in [-0.2, -0.15) is 0 Å². The molecule has 0 amide bonds. The topological polar surface area (TPSA) is 65.8 Å². The second kappa shape index (κ2) is 7.15. The van der Waals surface area contributed by atoms with Crippen molar-refractivity contribution in [2.24, 2.45) is 0 Å². The van der Waals surface area contributed by atoms with Crippen LogP contribution < -0.4 is 10.1 Å². The van der Waals surface area contributed by atoms with Crippen LogP contribution in [0.15, 0.2) is 34.9 Å². The third-order valence-corrected chi connectivity index (χ3v) is 5.19. The summed E-state index contributed by atoms with van der Waals surface area (Å²) >= 11 is 0. The monoisotopic (exact) mass is 344 g/mol. The fourth-order valence-electron chi connectivity index (χ4n) is 3.72. The van der Waals surface area contributed by atoms with Gasteiger partial charge < -0.3 is 23.9 Å². The number of rotatable bonds is 5. The summed E-state index contributed by atoms with van der Waals surface area (Å²) in [6.45, 7) is 3.05. The van der Waals surface area contributed by atoms with Crippen molar-refractivity contribution in [1.29, 1.82) is 0 Å². The Bertz CT molecular complexity index is 692. The Kier molecular flexibility index (Phi) is 4.74. The van der Waals surface area contributed by atoms with Gasteiger partial charge >= 0.3 is 0 Å². The lowest BCUT2D eigenvalue weighted by atomic mass is 9.86. The number of ether oxygens (including phenoxy) is 3. The van der Waals surface area contributed by atoms with Gasteiger partial charge in [-0.1, -0.05) is 0 Å². The molecule has 1 aromatic heterocycles. The molecule has 134 valence electrons. The third-order valence-electron chi connectivity index (χ3n) is 5.19. The van der Waals surface area contributed by atoms with Crippen molar-refractivity contribution in [3.05, 3.63) is 36.2 Å². The van der Waals surface area contributed by atoms with Crippen LogP contribution in [0.3, 0.4) is 0 Å². The Hall–Kier alpha value is -1.89. The molecule has 2 aliphatic heterocycles. The molecular weight excluding hydrogens is 320 g/mol. The van der Waals surface area contributed by atoms with E-state index in [0.717, 1.165) is 56.1 Å². The molecule has 3 heterocycles. The second-order valence-corrected chi connectivity index (χ2v) is 6.62. The summed E-state index contributed by atoms with van der Waals surface area (Å²) in [4.78, 5) is 4.60. The van der Waals surface area contributed by atoms with Crippen LogP contribution in [-0.2, 0) is 16.0 Å². The van der Waals surface area contributed by atoms with Crippen molar-refractivity contribution in [1.82, 2.24) is 10.3 Å². The Labute approximate surface area is 147 Å². The molecule has 25 heavy (non-hydrogen) atoms. The number of nitrogens with zero attached hydrogens (tertiary/aromatic N) is 1. The maximum Gasteiger partial charge on any atom is 0.226 e. The molecule has 1 aromatic carbocycles. The summed E-state index contributed by atoms with van der Waals surface area (Å²) in [6, 6.07) is 8.05. The SMILES string of the molecule is COc1ccc(-c2nc(CNC3CCOC34CCOCC4)co2)cc1. The minimum Gasteiger partial charge on any atom is -0.497 e. The number of aromatic nitrogens is 1. The van der Waals surface area contributed by atoms with E-state index in [9.17, 15) is 0 Å². The van der Waals surface area contributed by atoms with Crippen molar-refractivity contribution in [3.63, 3.8) is 0 Å². The fourth-order valence-corrected chi connectivity index (χ4v) is 3.72. The van der Waals surface area contributed by atoms with E-state index in [2.05, 4.69) is 10.3 Å². The van der Waals surface area contributed by atoms with E-state index in [0.29, 0.717) is 18.5 Å². The zero-order valence-corrected chi connectivity index (χ0v) is 14.5. The van der Waals surface area contributed by atoms with Crippen LogP contribution in [0.2, 0.25) is 0 Å². The molecule has 6 heteroatoms. The molecule has 0 saturated carbocycles. The van der Waals surface area contributed by atoms with E-state index in [4.69, 9.17) is 18.6 Å². The van der Waals surface area contributed by atoms with Crippen molar-refractivity contribution >= 4 is 0 Å². The Morgan fingerprint density at radius 2 is 2.00 bits per heavy atom. The molecule has 1 spiro atoms. The summed E-state index contributed by atoms with van der Waals surface area (Å²) in [7, 11) is 1.65. The van der Waals surface area contributed by atoms with Crippen LogP contribution in [0.1, 0.15) is 25.0 Å². The molecule has 1 N–H and O–H groups in total. The maximum absolute atomic E-state index is 6.08. The van der Waals surface area contributed by atoms with Gasteiger partial charge in [0.25, 0.3) is 0 Å². The molecule has 2 fully saturated rings. The fraction of sp³-hybridized carbons (Fsp3) is 0.526. The molecule has 0 bridgehead atoms. The van der Waals surface area contributed by atoms with Crippen LogP contribution in [0, 0.1) is 0 Å². The lowest BCUT2D eigenvalue weighted by molar-refractivity contribution is -0.0886. The average Bonchev–Trinajstić information content (AvgIpc) is 3.28. The van der Waals surface area contributed by atoms with E-state index >= 15 is 0 Å². The van der Waals surface area contributed by atoms with Gasteiger partial charge in [0.1, 0.15) is 12.0 Å². The second-order valence-electron chi connectivity index (χ2n) is 6.62. The minimum absolute atomic E-state index is 0.0687. The van der Waals surface area contributed by atoms with Gasteiger partial charge in [-0.25, -0.2) is 4.98 Å².